The van der Waals surface area contributed by atoms with E-state index < -0.39 is 27.2 Å². The van der Waals surface area contributed by atoms with Gasteiger partial charge in [0.05, 0.1) is 0 Å². The van der Waals surface area contributed by atoms with Crippen molar-refractivity contribution in [3.8, 4) is 0 Å². The number of carboxylic acid groups (broad SMARTS) is 1. The number of hydrogen-bond donors (Lipinski definition) is 1. The maximum absolute atomic E-state index is 12.8. The van der Waals surface area contributed by atoms with Crippen molar-refractivity contribution in [1.82, 2.24) is 0 Å². The zero-order valence-electron chi connectivity index (χ0n) is 8.73. The van der Waals surface area contributed by atoms with Gasteiger partial charge in [0.25, 0.3) is 0 Å². The molecule has 0 saturated carbocycles. The Morgan fingerprint density at radius 3 is 2.35 bits per heavy atom. The summed E-state index contributed by atoms with van der Waals surface area (Å²) in [6.45, 7) is 0. The minimum absolute atomic E-state index is 0.274. The molecular formula is C13H9FIO2-. The molecule has 4 heteroatoms. The van der Waals surface area contributed by atoms with Crippen molar-refractivity contribution in [1.29, 1.82) is 0 Å². The van der Waals surface area contributed by atoms with E-state index in [0.29, 0.717) is 5.56 Å². The molecule has 0 aliphatic carbocycles. The third kappa shape index (κ3) is 3.03. The first kappa shape index (κ1) is 12.0. The fourth-order valence-corrected chi connectivity index (χ4v) is 3.81. The fraction of sp³-hybridized carbons (Fsp3) is 0. The van der Waals surface area contributed by atoms with E-state index in [1.54, 1.807) is 24.3 Å². The van der Waals surface area contributed by atoms with Crippen LogP contribution >= 0.6 is 0 Å². The van der Waals surface area contributed by atoms with Crippen LogP contribution in [0.3, 0.4) is 0 Å². The molecule has 0 amide bonds. The summed E-state index contributed by atoms with van der Waals surface area (Å²) in [6.07, 6.45) is 0. The quantitative estimate of drug-likeness (QED) is 0.774. The average molecular weight is 343 g/mol. The maximum atomic E-state index is 12.8. The zero-order chi connectivity index (χ0) is 12.3. The molecule has 0 heterocycles. The molecule has 0 saturated heterocycles. The predicted octanol–water partition coefficient (Wildman–Crippen LogP) is -0.348. The Morgan fingerprint density at radius 2 is 1.71 bits per heavy atom. The molecule has 17 heavy (non-hydrogen) atoms. The Bertz CT molecular complexity index is 537. The summed E-state index contributed by atoms with van der Waals surface area (Å²) in [4.78, 5) is 11.0. The van der Waals surface area contributed by atoms with Gasteiger partial charge in [-0.15, -0.1) is 0 Å². The monoisotopic (exact) mass is 343 g/mol. The van der Waals surface area contributed by atoms with Gasteiger partial charge < -0.3 is 0 Å². The molecule has 0 bridgehead atoms. The normalized spacial score (nSPS) is 10.4. The Morgan fingerprint density at radius 1 is 1.06 bits per heavy atom. The number of rotatable bonds is 3. The molecule has 88 valence electrons. The molecule has 0 unspecified atom stereocenters. The van der Waals surface area contributed by atoms with Crippen LogP contribution in [0, 0.1) is 13.0 Å². The Kier molecular flexibility index (Phi) is 3.73. The molecule has 0 atom stereocenters. The average Bonchev–Trinajstić information content (AvgIpc) is 2.32. The Hall–Kier alpha value is -1.43. The molecule has 0 aliphatic rings. The molecule has 2 rings (SSSR count). The van der Waals surface area contributed by atoms with E-state index in [1.165, 1.54) is 12.1 Å². The molecule has 0 spiro atoms. The molecule has 0 fully saturated rings. The number of benzene rings is 2. The van der Waals surface area contributed by atoms with Crippen LogP contribution in [-0.2, 0) is 0 Å². The van der Waals surface area contributed by atoms with E-state index in [1.807, 2.05) is 12.1 Å². The second-order valence-corrected chi connectivity index (χ2v) is 6.26. The molecule has 0 aromatic heterocycles. The van der Waals surface area contributed by atoms with Crippen LogP contribution in [0.4, 0.5) is 4.39 Å². The molecule has 0 aliphatic heterocycles. The Labute approximate surface area is 108 Å². The van der Waals surface area contributed by atoms with E-state index in [4.69, 9.17) is 5.11 Å². The third-order valence-corrected chi connectivity index (χ3v) is 4.98. The minimum atomic E-state index is -0.914. The van der Waals surface area contributed by atoms with Crippen LogP contribution in [0.2, 0.25) is 0 Å². The van der Waals surface area contributed by atoms with Gasteiger partial charge in [-0.1, -0.05) is 0 Å². The molecular weight excluding hydrogens is 334 g/mol. The fourth-order valence-electron chi connectivity index (χ4n) is 1.33. The van der Waals surface area contributed by atoms with Crippen LogP contribution in [0.5, 0.6) is 0 Å². The summed E-state index contributed by atoms with van der Waals surface area (Å²) in [5, 5.41) is 9.05. The molecule has 2 aromatic rings. The number of carbonyl (C=O) groups is 1. The summed E-state index contributed by atoms with van der Waals surface area (Å²) in [5.41, 5.74) is 0.338. The second kappa shape index (κ2) is 5.27. The number of aromatic carboxylic acids is 1. The summed E-state index contributed by atoms with van der Waals surface area (Å²) in [6, 6.07) is 13.2. The van der Waals surface area contributed by atoms with Gasteiger partial charge in [0, 0.05) is 0 Å². The third-order valence-electron chi connectivity index (χ3n) is 2.12. The zero-order valence-corrected chi connectivity index (χ0v) is 10.9. The van der Waals surface area contributed by atoms with Crippen molar-refractivity contribution in [3.05, 3.63) is 67.1 Å². The van der Waals surface area contributed by atoms with E-state index >= 15 is 0 Å². The van der Waals surface area contributed by atoms with Gasteiger partial charge in [-0.05, 0) is 0 Å². The van der Waals surface area contributed by atoms with Crippen LogP contribution < -0.4 is 21.2 Å². The summed E-state index contributed by atoms with van der Waals surface area (Å²) in [5.74, 6) is -1.19. The van der Waals surface area contributed by atoms with Crippen molar-refractivity contribution < 1.29 is 35.5 Å². The van der Waals surface area contributed by atoms with Crippen molar-refractivity contribution in [2.75, 3.05) is 0 Å². The van der Waals surface area contributed by atoms with E-state index in [0.717, 1.165) is 7.14 Å². The van der Waals surface area contributed by atoms with Gasteiger partial charge in [-0.25, -0.2) is 0 Å². The summed E-state index contributed by atoms with van der Waals surface area (Å²) >= 11 is -0.587. The SMILES string of the molecule is O=C(O)c1ccccc1[I-]c1ccc(F)cc1. The molecule has 2 nitrogen and oxygen atoms in total. The van der Waals surface area contributed by atoms with E-state index in [2.05, 4.69) is 0 Å². The standard InChI is InChI=1S/C13H9FIO2/c14-9-5-7-10(8-6-9)15-12-4-2-1-3-11(12)13(16)17/h1-8H,(H,16,17)/q-1. The van der Waals surface area contributed by atoms with E-state index in [9.17, 15) is 9.18 Å². The van der Waals surface area contributed by atoms with Crippen molar-refractivity contribution in [2.24, 2.45) is 0 Å². The van der Waals surface area contributed by atoms with E-state index in [-0.39, 0.29) is 5.82 Å². The molecule has 2 aromatic carbocycles. The van der Waals surface area contributed by atoms with Crippen LogP contribution in [0.1, 0.15) is 10.4 Å². The van der Waals surface area contributed by atoms with Crippen molar-refractivity contribution >= 4 is 5.97 Å². The second-order valence-electron chi connectivity index (χ2n) is 3.32. The molecule has 1 N–H and O–H groups in total. The topological polar surface area (TPSA) is 37.3 Å². The summed E-state index contributed by atoms with van der Waals surface area (Å²) < 4.78 is 14.6. The van der Waals surface area contributed by atoms with Gasteiger partial charge in [-0.3, -0.25) is 0 Å². The van der Waals surface area contributed by atoms with Gasteiger partial charge in [0.2, 0.25) is 0 Å². The number of hydrogen-bond acceptors (Lipinski definition) is 1. The molecule has 0 radical (unpaired) electrons. The van der Waals surface area contributed by atoms with Gasteiger partial charge in [0.15, 0.2) is 0 Å². The first-order valence-electron chi connectivity index (χ1n) is 4.89. The van der Waals surface area contributed by atoms with Crippen LogP contribution in [0.15, 0.2) is 48.5 Å². The van der Waals surface area contributed by atoms with Gasteiger partial charge in [-0.2, -0.15) is 0 Å². The summed E-state index contributed by atoms with van der Waals surface area (Å²) in [7, 11) is 0. The van der Waals surface area contributed by atoms with Crippen LogP contribution in [0.25, 0.3) is 0 Å². The van der Waals surface area contributed by atoms with Crippen molar-refractivity contribution in [3.63, 3.8) is 0 Å². The van der Waals surface area contributed by atoms with Gasteiger partial charge >= 0.3 is 109 Å². The van der Waals surface area contributed by atoms with Crippen molar-refractivity contribution in [2.45, 2.75) is 0 Å². The number of carboxylic acids is 1. The van der Waals surface area contributed by atoms with Crippen LogP contribution in [-0.4, -0.2) is 11.1 Å². The first-order chi connectivity index (χ1) is 8.16. The Balaban J connectivity index is 2.30. The first-order valence-corrected chi connectivity index (χ1v) is 7.05. The predicted molar refractivity (Wildman–Crippen MR) is 57.2 cm³/mol. The number of halogens is 2. The van der Waals surface area contributed by atoms with Gasteiger partial charge in [0.1, 0.15) is 0 Å².